The summed E-state index contributed by atoms with van der Waals surface area (Å²) in [5.74, 6) is -1.95. The van der Waals surface area contributed by atoms with E-state index >= 15 is 0 Å². The van der Waals surface area contributed by atoms with Gasteiger partial charge in [0, 0.05) is 19.3 Å². The van der Waals surface area contributed by atoms with Gasteiger partial charge in [0.15, 0.2) is 6.29 Å². The molecule has 2 aliphatic heterocycles. The summed E-state index contributed by atoms with van der Waals surface area (Å²) < 4.78 is 5.07. The molecule has 2 unspecified atom stereocenters. The van der Waals surface area contributed by atoms with Gasteiger partial charge in [-0.3, -0.25) is 14.4 Å². The molecule has 2 aliphatic rings. The first kappa shape index (κ1) is 29.2. The Balaban J connectivity index is 1.51. The van der Waals surface area contributed by atoms with Gasteiger partial charge in [-0.05, 0) is 12.8 Å². The Labute approximate surface area is 209 Å². The predicted octanol–water partition coefficient (Wildman–Crippen LogP) is 4.06. The summed E-state index contributed by atoms with van der Waals surface area (Å²) in [6.07, 6.45) is 15.1. The van der Waals surface area contributed by atoms with Crippen LogP contribution in [-0.2, 0) is 28.8 Å². The largest absolute Gasteiger partial charge is 0.366 e. The van der Waals surface area contributed by atoms with Crippen molar-refractivity contribution in [3.63, 3.8) is 0 Å². The predicted molar refractivity (Wildman–Crippen MR) is 130 cm³/mol. The SMILES string of the molecule is CCCCCCCCCCCCCCCC(=O)N[C@@H](CCC(=O)ON1C(=O)CCC1=O)C1OC1O. The lowest BCUT2D eigenvalue weighted by Crippen LogP contribution is -2.40. The Bertz CT molecular complexity index is 669. The van der Waals surface area contributed by atoms with Gasteiger partial charge in [0.2, 0.25) is 5.91 Å². The monoisotopic (exact) mass is 496 g/mol. The van der Waals surface area contributed by atoms with Crippen LogP contribution >= 0.6 is 0 Å². The lowest BCUT2D eigenvalue weighted by atomic mass is 10.0. The van der Waals surface area contributed by atoms with Crippen LogP contribution in [-0.4, -0.2) is 52.3 Å². The summed E-state index contributed by atoms with van der Waals surface area (Å²) in [6.45, 7) is 2.24. The summed E-state index contributed by atoms with van der Waals surface area (Å²) in [7, 11) is 0. The molecule has 0 aromatic rings. The number of hydroxylamine groups is 2. The molecule has 35 heavy (non-hydrogen) atoms. The molecule has 9 nitrogen and oxygen atoms in total. The minimum absolute atomic E-state index is 0.0338. The molecule has 200 valence electrons. The van der Waals surface area contributed by atoms with Crippen molar-refractivity contribution in [1.29, 1.82) is 0 Å². The van der Waals surface area contributed by atoms with E-state index in [1.807, 2.05) is 0 Å². The highest BCUT2D eigenvalue weighted by atomic mass is 16.7. The van der Waals surface area contributed by atoms with Crippen molar-refractivity contribution in [3.05, 3.63) is 0 Å². The Morgan fingerprint density at radius 1 is 0.914 bits per heavy atom. The fourth-order valence-electron chi connectivity index (χ4n) is 4.39. The smallest absolute Gasteiger partial charge is 0.333 e. The van der Waals surface area contributed by atoms with Gasteiger partial charge in [-0.1, -0.05) is 84.0 Å². The van der Waals surface area contributed by atoms with Crippen LogP contribution in [0.5, 0.6) is 0 Å². The van der Waals surface area contributed by atoms with Crippen LogP contribution in [0.4, 0.5) is 0 Å². The molecule has 0 aromatic carbocycles. The average molecular weight is 497 g/mol. The lowest BCUT2D eigenvalue weighted by Gasteiger charge is -2.17. The summed E-state index contributed by atoms with van der Waals surface area (Å²) in [5.41, 5.74) is 0. The van der Waals surface area contributed by atoms with E-state index in [1.54, 1.807) is 0 Å². The van der Waals surface area contributed by atoms with Crippen LogP contribution in [0.3, 0.4) is 0 Å². The number of unbranched alkanes of at least 4 members (excludes halogenated alkanes) is 12. The molecule has 0 aromatic heterocycles. The first-order valence-electron chi connectivity index (χ1n) is 13.6. The summed E-state index contributed by atoms with van der Waals surface area (Å²) >= 11 is 0. The van der Waals surface area contributed by atoms with Crippen molar-refractivity contribution in [2.45, 2.75) is 141 Å². The molecule has 2 N–H and O–H groups in total. The lowest BCUT2D eigenvalue weighted by molar-refractivity contribution is -0.197. The number of carbonyl (C=O) groups excluding carboxylic acids is 4. The molecule has 0 bridgehead atoms. The Kier molecular flexibility index (Phi) is 13.9. The standard InChI is InChI=1S/C26H44N2O7/c1-2-3-4-5-6-7-8-9-10-11-12-13-14-15-21(29)27-20(25-26(33)34-25)16-19-24(32)35-28-22(30)17-18-23(28)31/h20,25-26,33H,2-19H2,1H3,(H,27,29)/t20-,25?,26?/m0/s1. The van der Waals surface area contributed by atoms with Crippen LogP contribution in [0.15, 0.2) is 0 Å². The van der Waals surface area contributed by atoms with Crippen molar-refractivity contribution < 1.29 is 33.9 Å². The molecular weight excluding hydrogens is 452 g/mol. The quantitative estimate of drug-likeness (QED) is 0.148. The molecule has 2 heterocycles. The number of rotatable bonds is 20. The van der Waals surface area contributed by atoms with Crippen LogP contribution in [0.25, 0.3) is 0 Å². The third-order valence-electron chi connectivity index (χ3n) is 6.61. The van der Waals surface area contributed by atoms with Gasteiger partial charge in [0.05, 0.1) is 12.5 Å². The second kappa shape index (κ2) is 16.6. The fraction of sp³-hybridized carbons (Fsp3) is 0.846. The summed E-state index contributed by atoms with van der Waals surface area (Å²) in [6, 6.07) is -0.531. The van der Waals surface area contributed by atoms with Crippen molar-refractivity contribution in [1.82, 2.24) is 10.4 Å². The highest BCUT2D eigenvalue weighted by Crippen LogP contribution is 2.26. The van der Waals surface area contributed by atoms with Gasteiger partial charge in [0.25, 0.3) is 11.8 Å². The highest BCUT2D eigenvalue weighted by Gasteiger charge is 2.44. The number of aliphatic hydroxyl groups is 1. The molecular formula is C26H44N2O7. The topological polar surface area (TPSA) is 126 Å². The Hall–Kier alpha value is -2.00. The maximum atomic E-state index is 12.3. The van der Waals surface area contributed by atoms with Crippen LogP contribution in [0.1, 0.15) is 122 Å². The second-order valence-corrected chi connectivity index (χ2v) is 9.74. The second-order valence-electron chi connectivity index (χ2n) is 9.74. The van der Waals surface area contributed by atoms with E-state index in [0.29, 0.717) is 11.5 Å². The number of hydrogen-bond donors (Lipinski definition) is 2. The first-order chi connectivity index (χ1) is 16.9. The highest BCUT2D eigenvalue weighted by molar-refractivity contribution is 6.01. The number of carbonyl (C=O) groups is 4. The van der Waals surface area contributed by atoms with Crippen molar-refractivity contribution in [2.75, 3.05) is 0 Å². The number of nitrogens with one attached hydrogen (secondary N) is 1. The average Bonchev–Trinajstić information content (AvgIpc) is 3.49. The van der Waals surface area contributed by atoms with Gasteiger partial charge >= 0.3 is 5.97 Å². The molecule has 0 radical (unpaired) electrons. The number of imide groups is 1. The molecule has 0 saturated carbocycles. The minimum atomic E-state index is -0.964. The van der Waals surface area contributed by atoms with E-state index in [0.717, 1.165) is 19.3 Å². The van der Waals surface area contributed by atoms with Crippen LogP contribution < -0.4 is 5.32 Å². The maximum absolute atomic E-state index is 12.3. The van der Waals surface area contributed by atoms with Crippen molar-refractivity contribution >= 4 is 23.7 Å². The van der Waals surface area contributed by atoms with E-state index in [-0.39, 0.29) is 31.6 Å². The molecule has 9 heteroatoms. The number of ether oxygens (including phenoxy) is 1. The zero-order valence-electron chi connectivity index (χ0n) is 21.3. The zero-order valence-corrected chi connectivity index (χ0v) is 21.3. The van der Waals surface area contributed by atoms with E-state index in [2.05, 4.69) is 12.2 Å². The van der Waals surface area contributed by atoms with Crippen LogP contribution in [0.2, 0.25) is 0 Å². The van der Waals surface area contributed by atoms with E-state index < -0.39 is 36.2 Å². The van der Waals surface area contributed by atoms with Gasteiger partial charge in [-0.2, -0.15) is 0 Å². The molecule has 2 saturated heterocycles. The molecule has 2 rings (SSSR count). The van der Waals surface area contributed by atoms with Gasteiger partial charge < -0.3 is 20.0 Å². The molecule has 0 aliphatic carbocycles. The zero-order chi connectivity index (χ0) is 25.5. The number of epoxide rings is 1. The first-order valence-corrected chi connectivity index (χ1v) is 13.6. The molecule has 3 amide bonds. The van der Waals surface area contributed by atoms with Gasteiger partial charge in [-0.15, -0.1) is 5.06 Å². The Morgan fingerprint density at radius 3 is 1.89 bits per heavy atom. The maximum Gasteiger partial charge on any atom is 0.333 e. The fourth-order valence-corrected chi connectivity index (χ4v) is 4.39. The van der Waals surface area contributed by atoms with Crippen molar-refractivity contribution in [3.8, 4) is 0 Å². The van der Waals surface area contributed by atoms with Crippen LogP contribution in [0, 0.1) is 0 Å². The normalized spacial score (nSPS) is 20.2. The van der Waals surface area contributed by atoms with Crippen molar-refractivity contribution in [2.24, 2.45) is 0 Å². The molecule has 0 spiro atoms. The number of nitrogens with zero attached hydrogens (tertiary/aromatic N) is 1. The summed E-state index contributed by atoms with van der Waals surface area (Å²) in [4.78, 5) is 52.3. The minimum Gasteiger partial charge on any atom is -0.366 e. The number of aliphatic hydroxyl groups excluding tert-OH is 1. The number of amides is 3. The molecule has 3 atom stereocenters. The van der Waals surface area contributed by atoms with Gasteiger partial charge in [0.1, 0.15) is 6.10 Å². The third kappa shape index (κ3) is 12.0. The van der Waals surface area contributed by atoms with E-state index in [4.69, 9.17) is 9.57 Å². The number of hydrogen-bond acceptors (Lipinski definition) is 7. The third-order valence-corrected chi connectivity index (χ3v) is 6.61. The summed E-state index contributed by atoms with van der Waals surface area (Å²) in [5, 5.41) is 12.9. The van der Waals surface area contributed by atoms with Gasteiger partial charge in [-0.25, -0.2) is 4.79 Å². The van der Waals surface area contributed by atoms with E-state index in [9.17, 15) is 24.3 Å². The Morgan fingerprint density at radius 2 is 1.40 bits per heavy atom. The molecule has 2 fully saturated rings. The van der Waals surface area contributed by atoms with E-state index in [1.165, 1.54) is 64.2 Å².